The maximum Gasteiger partial charge on any atom is 0.411 e. The number of esters is 1. The van der Waals surface area contributed by atoms with Gasteiger partial charge in [0.15, 0.2) is 18.1 Å². The molecule has 0 radical (unpaired) electrons. The van der Waals surface area contributed by atoms with Gasteiger partial charge in [-0.3, -0.25) is 9.69 Å². The number of nitrogens with one attached hydrogen (secondary N) is 1. The van der Waals surface area contributed by atoms with Crippen molar-refractivity contribution >= 4 is 23.7 Å². The van der Waals surface area contributed by atoms with Crippen LogP contribution in [0.5, 0.6) is 11.5 Å². The predicted octanol–water partition coefficient (Wildman–Crippen LogP) is 2.73. The average Bonchev–Trinajstić information content (AvgIpc) is 3.05. The highest BCUT2D eigenvalue weighted by atomic mass is 16.6. The van der Waals surface area contributed by atoms with Crippen molar-refractivity contribution in [3.63, 3.8) is 0 Å². The van der Waals surface area contributed by atoms with Gasteiger partial charge in [-0.05, 0) is 45.7 Å². The van der Waals surface area contributed by atoms with E-state index in [2.05, 4.69) is 5.32 Å². The molecule has 1 atom stereocenters. The van der Waals surface area contributed by atoms with E-state index in [1.165, 1.54) is 4.90 Å². The van der Waals surface area contributed by atoms with Crippen LogP contribution in [0.15, 0.2) is 18.2 Å². The van der Waals surface area contributed by atoms with Crippen LogP contribution in [0, 0.1) is 0 Å². The molecule has 0 saturated carbocycles. The maximum atomic E-state index is 12.4. The van der Waals surface area contributed by atoms with Crippen molar-refractivity contribution in [3.05, 3.63) is 18.2 Å². The summed E-state index contributed by atoms with van der Waals surface area (Å²) in [6.45, 7) is 6.37. The molecule has 2 amide bonds. The molecule has 9 heteroatoms. The Kier molecular flexibility index (Phi) is 6.69. The number of rotatable bonds is 4. The van der Waals surface area contributed by atoms with Gasteiger partial charge in [0.25, 0.3) is 5.91 Å². The molecule has 1 aromatic carbocycles. The number of anilines is 1. The van der Waals surface area contributed by atoms with E-state index in [4.69, 9.17) is 18.9 Å². The lowest BCUT2D eigenvalue weighted by molar-refractivity contribution is -0.151. The molecule has 2 heterocycles. The molecule has 0 spiro atoms. The van der Waals surface area contributed by atoms with Gasteiger partial charge in [0.2, 0.25) is 0 Å². The molecule has 1 saturated heterocycles. The van der Waals surface area contributed by atoms with Crippen molar-refractivity contribution in [1.29, 1.82) is 0 Å². The Labute approximate surface area is 175 Å². The standard InChI is InChI=1S/C21H28N2O7/c1-21(2,3)30-20(26)23-9-4-6-15(23)19(25)29-13-18(24)22-14-7-8-16-17(12-14)28-11-5-10-27-16/h7-8,12,15H,4-6,9-11,13H2,1-3H3,(H,22,24). The van der Waals surface area contributed by atoms with Crippen LogP contribution in [0.3, 0.4) is 0 Å². The topological polar surface area (TPSA) is 103 Å². The molecule has 164 valence electrons. The van der Waals surface area contributed by atoms with Crippen LogP contribution in [0.1, 0.15) is 40.0 Å². The summed E-state index contributed by atoms with van der Waals surface area (Å²) in [7, 11) is 0. The van der Waals surface area contributed by atoms with Gasteiger partial charge >= 0.3 is 12.1 Å². The minimum Gasteiger partial charge on any atom is -0.490 e. The number of amides is 2. The van der Waals surface area contributed by atoms with E-state index in [1.807, 2.05) is 0 Å². The molecule has 1 unspecified atom stereocenters. The number of hydrogen-bond acceptors (Lipinski definition) is 7. The Bertz CT molecular complexity index is 803. The summed E-state index contributed by atoms with van der Waals surface area (Å²) in [5.74, 6) is 0.0773. The first-order chi connectivity index (χ1) is 14.2. The molecule has 30 heavy (non-hydrogen) atoms. The van der Waals surface area contributed by atoms with E-state index >= 15 is 0 Å². The summed E-state index contributed by atoms with van der Waals surface area (Å²) in [6.07, 6.45) is 1.37. The lowest BCUT2D eigenvalue weighted by Gasteiger charge is -2.27. The normalized spacial score (nSPS) is 18.4. The quantitative estimate of drug-likeness (QED) is 0.747. The molecule has 0 aliphatic carbocycles. The molecule has 2 aliphatic heterocycles. The van der Waals surface area contributed by atoms with Crippen molar-refractivity contribution in [3.8, 4) is 11.5 Å². The second-order valence-electron chi connectivity index (χ2n) is 8.20. The minimum absolute atomic E-state index is 0.415. The second kappa shape index (κ2) is 9.23. The molecular weight excluding hydrogens is 392 g/mol. The van der Waals surface area contributed by atoms with Gasteiger partial charge in [0.05, 0.1) is 13.2 Å². The predicted molar refractivity (Wildman–Crippen MR) is 108 cm³/mol. The summed E-state index contributed by atoms with van der Waals surface area (Å²) < 4.78 is 21.6. The summed E-state index contributed by atoms with van der Waals surface area (Å²) >= 11 is 0. The number of nitrogens with zero attached hydrogens (tertiary/aromatic N) is 1. The Balaban J connectivity index is 1.51. The number of carbonyl (C=O) groups excluding carboxylic acids is 3. The largest absolute Gasteiger partial charge is 0.490 e. The van der Waals surface area contributed by atoms with E-state index in [1.54, 1.807) is 39.0 Å². The first kappa shape index (κ1) is 21.7. The Hall–Kier alpha value is -2.97. The van der Waals surface area contributed by atoms with Gasteiger partial charge in [-0.25, -0.2) is 9.59 Å². The molecule has 3 rings (SSSR count). The minimum atomic E-state index is -0.745. The Morgan fingerprint density at radius 3 is 2.60 bits per heavy atom. The summed E-state index contributed by atoms with van der Waals surface area (Å²) in [6, 6.07) is 4.33. The number of ether oxygens (including phenoxy) is 4. The van der Waals surface area contributed by atoms with E-state index in [0.717, 1.165) is 6.42 Å². The van der Waals surface area contributed by atoms with Crippen LogP contribution in [-0.2, 0) is 19.1 Å². The number of hydrogen-bond donors (Lipinski definition) is 1. The smallest absolute Gasteiger partial charge is 0.411 e. The fourth-order valence-electron chi connectivity index (χ4n) is 3.22. The van der Waals surface area contributed by atoms with Gasteiger partial charge < -0.3 is 24.3 Å². The fraction of sp³-hybridized carbons (Fsp3) is 0.571. The number of carbonyl (C=O) groups is 3. The van der Waals surface area contributed by atoms with Crippen molar-refractivity contribution < 1.29 is 33.3 Å². The highest BCUT2D eigenvalue weighted by Crippen LogP contribution is 2.32. The zero-order chi connectivity index (χ0) is 21.7. The second-order valence-corrected chi connectivity index (χ2v) is 8.20. The molecule has 1 aromatic rings. The highest BCUT2D eigenvalue weighted by molar-refractivity contribution is 5.93. The van der Waals surface area contributed by atoms with E-state index in [0.29, 0.717) is 49.8 Å². The maximum absolute atomic E-state index is 12.4. The summed E-state index contributed by atoms with van der Waals surface area (Å²) in [4.78, 5) is 38.3. The fourth-order valence-corrected chi connectivity index (χ4v) is 3.22. The van der Waals surface area contributed by atoms with Crippen molar-refractivity contribution in [2.45, 2.75) is 51.7 Å². The van der Waals surface area contributed by atoms with Gasteiger partial charge in [-0.15, -0.1) is 0 Å². The third kappa shape index (κ3) is 5.77. The zero-order valence-electron chi connectivity index (χ0n) is 17.6. The lowest BCUT2D eigenvalue weighted by Crippen LogP contribution is -2.44. The van der Waals surface area contributed by atoms with Crippen LogP contribution in [0.25, 0.3) is 0 Å². The van der Waals surface area contributed by atoms with Crippen molar-refractivity contribution in [1.82, 2.24) is 4.90 Å². The van der Waals surface area contributed by atoms with Gasteiger partial charge in [-0.1, -0.05) is 0 Å². The van der Waals surface area contributed by atoms with E-state index in [9.17, 15) is 14.4 Å². The third-order valence-electron chi connectivity index (χ3n) is 4.53. The number of fused-ring (bicyclic) bond motifs is 1. The number of benzene rings is 1. The van der Waals surface area contributed by atoms with Gasteiger partial charge in [0.1, 0.15) is 11.6 Å². The molecule has 9 nitrogen and oxygen atoms in total. The Morgan fingerprint density at radius 2 is 1.87 bits per heavy atom. The summed E-state index contributed by atoms with van der Waals surface area (Å²) in [5, 5.41) is 2.67. The highest BCUT2D eigenvalue weighted by Gasteiger charge is 2.37. The Morgan fingerprint density at radius 1 is 1.13 bits per heavy atom. The molecule has 1 N–H and O–H groups in total. The molecule has 0 bridgehead atoms. The van der Waals surface area contributed by atoms with Crippen LogP contribution in [-0.4, -0.2) is 60.9 Å². The van der Waals surface area contributed by atoms with Crippen LogP contribution in [0.2, 0.25) is 0 Å². The van der Waals surface area contributed by atoms with Crippen LogP contribution < -0.4 is 14.8 Å². The van der Waals surface area contributed by atoms with Crippen LogP contribution >= 0.6 is 0 Å². The van der Waals surface area contributed by atoms with Crippen molar-refractivity contribution in [2.24, 2.45) is 0 Å². The van der Waals surface area contributed by atoms with E-state index in [-0.39, 0.29) is 0 Å². The number of likely N-dealkylation sites (tertiary alicyclic amines) is 1. The van der Waals surface area contributed by atoms with Crippen molar-refractivity contribution in [2.75, 3.05) is 31.7 Å². The van der Waals surface area contributed by atoms with E-state index < -0.39 is 36.2 Å². The summed E-state index contributed by atoms with van der Waals surface area (Å²) in [5.41, 5.74) is -0.145. The molecule has 2 aliphatic rings. The molecule has 1 fully saturated rings. The third-order valence-corrected chi connectivity index (χ3v) is 4.53. The lowest BCUT2D eigenvalue weighted by atomic mass is 10.2. The van der Waals surface area contributed by atoms with Crippen LogP contribution in [0.4, 0.5) is 10.5 Å². The molecular formula is C21H28N2O7. The first-order valence-electron chi connectivity index (χ1n) is 10.1. The monoisotopic (exact) mass is 420 g/mol. The average molecular weight is 420 g/mol. The first-order valence-corrected chi connectivity index (χ1v) is 10.1. The SMILES string of the molecule is CC(C)(C)OC(=O)N1CCCC1C(=O)OCC(=O)Nc1ccc2c(c1)OCCCO2. The van der Waals surface area contributed by atoms with Gasteiger partial charge in [-0.2, -0.15) is 0 Å². The van der Waals surface area contributed by atoms with Gasteiger partial charge in [0, 0.05) is 24.7 Å². The molecule has 0 aromatic heterocycles. The zero-order valence-corrected chi connectivity index (χ0v) is 17.6.